The molecule has 0 fully saturated rings. The molecule has 17 heavy (non-hydrogen) atoms. The van der Waals surface area contributed by atoms with Gasteiger partial charge >= 0.3 is 0 Å². The van der Waals surface area contributed by atoms with Crippen LogP contribution in [0.15, 0.2) is 0 Å². The standard InChI is InChI=1S/C12H30O3Si2/c1-11(2)12(15-17(6,7)8)13-9-10-14-16(3,4)5/h11-12H,9-10H2,1-8H3. The molecule has 0 rings (SSSR count). The Morgan fingerprint density at radius 1 is 0.824 bits per heavy atom. The quantitative estimate of drug-likeness (QED) is 0.385. The van der Waals surface area contributed by atoms with Crippen molar-refractivity contribution in [3.8, 4) is 0 Å². The molecule has 0 saturated heterocycles. The van der Waals surface area contributed by atoms with Gasteiger partial charge in [0.15, 0.2) is 16.6 Å². The van der Waals surface area contributed by atoms with Gasteiger partial charge in [0.05, 0.1) is 13.2 Å². The normalized spacial score (nSPS) is 15.4. The van der Waals surface area contributed by atoms with Crippen LogP contribution in [0.1, 0.15) is 13.8 Å². The van der Waals surface area contributed by atoms with Crippen molar-refractivity contribution in [2.75, 3.05) is 13.2 Å². The van der Waals surface area contributed by atoms with E-state index in [1.807, 2.05) is 0 Å². The number of hydrogen-bond acceptors (Lipinski definition) is 3. The van der Waals surface area contributed by atoms with E-state index in [0.717, 1.165) is 0 Å². The summed E-state index contributed by atoms with van der Waals surface area (Å²) in [6.07, 6.45) is -0.0908. The first-order valence-electron chi connectivity index (χ1n) is 6.45. The molecule has 104 valence electrons. The first-order valence-corrected chi connectivity index (χ1v) is 13.3. The van der Waals surface area contributed by atoms with Gasteiger partial charge in [0.1, 0.15) is 6.29 Å². The second kappa shape index (κ2) is 7.04. The highest BCUT2D eigenvalue weighted by Crippen LogP contribution is 2.15. The lowest BCUT2D eigenvalue weighted by Crippen LogP contribution is -2.37. The maximum Gasteiger partial charge on any atom is 0.187 e. The van der Waals surface area contributed by atoms with Crippen molar-refractivity contribution in [3.05, 3.63) is 0 Å². The summed E-state index contributed by atoms with van der Waals surface area (Å²) in [6, 6.07) is 0. The van der Waals surface area contributed by atoms with Crippen LogP contribution in [0, 0.1) is 5.92 Å². The predicted octanol–water partition coefficient (Wildman–Crippen LogP) is 3.69. The predicted molar refractivity (Wildman–Crippen MR) is 78.3 cm³/mol. The molecule has 0 aromatic rings. The Hall–Kier alpha value is 0.314. The topological polar surface area (TPSA) is 27.7 Å². The van der Waals surface area contributed by atoms with Crippen LogP contribution in [-0.2, 0) is 13.6 Å². The Balaban J connectivity index is 3.95. The molecular formula is C12H30O3Si2. The highest BCUT2D eigenvalue weighted by Gasteiger charge is 2.24. The van der Waals surface area contributed by atoms with Gasteiger partial charge in [-0.1, -0.05) is 13.8 Å². The summed E-state index contributed by atoms with van der Waals surface area (Å²) in [4.78, 5) is 0. The summed E-state index contributed by atoms with van der Waals surface area (Å²) in [7, 11) is -2.95. The third-order valence-electron chi connectivity index (χ3n) is 1.91. The molecular weight excluding hydrogens is 248 g/mol. The minimum atomic E-state index is -1.54. The fraction of sp³-hybridized carbons (Fsp3) is 1.00. The van der Waals surface area contributed by atoms with Crippen LogP contribution < -0.4 is 0 Å². The second-order valence-electron chi connectivity index (χ2n) is 6.67. The molecule has 0 spiro atoms. The van der Waals surface area contributed by atoms with Gasteiger partial charge in [-0.2, -0.15) is 0 Å². The largest absolute Gasteiger partial charge is 0.415 e. The molecule has 0 radical (unpaired) electrons. The number of hydrogen-bond donors (Lipinski definition) is 0. The van der Waals surface area contributed by atoms with Gasteiger partial charge in [0.2, 0.25) is 0 Å². The Bertz CT molecular complexity index is 207. The Morgan fingerprint density at radius 3 is 1.71 bits per heavy atom. The van der Waals surface area contributed by atoms with Gasteiger partial charge in [-0.05, 0) is 39.3 Å². The maximum atomic E-state index is 6.00. The van der Waals surface area contributed by atoms with Gasteiger partial charge in [-0.3, -0.25) is 0 Å². The smallest absolute Gasteiger partial charge is 0.187 e. The maximum absolute atomic E-state index is 6.00. The van der Waals surface area contributed by atoms with E-state index in [0.29, 0.717) is 19.1 Å². The average molecular weight is 279 g/mol. The molecule has 0 amide bonds. The Morgan fingerprint density at radius 2 is 1.35 bits per heavy atom. The Labute approximate surface area is 109 Å². The molecule has 0 saturated carbocycles. The lowest BCUT2D eigenvalue weighted by Gasteiger charge is -2.29. The van der Waals surface area contributed by atoms with Crippen LogP contribution in [0.3, 0.4) is 0 Å². The van der Waals surface area contributed by atoms with E-state index in [1.165, 1.54) is 0 Å². The van der Waals surface area contributed by atoms with Crippen LogP contribution >= 0.6 is 0 Å². The molecule has 0 heterocycles. The summed E-state index contributed by atoms with van der Waals surface area (Å²) in [6.45, 7) is 18.7. The van der Waals surface area contributed by atoms with Crippen molar-refractivity contribution in [2.45, 2.75) is 59.4 Å². The molecule has 3 nitrogen and oxygen atoms in total. The SMILES string of the molecule is CC(C)C(OCCO[Si](C)(C)C)O[Si](C)(C)C. The molecule has 0 bridgehead atoms. The summed E-state index contributed by atoms with van der Waals surface area (Å²) in [5.74, 6) is 0.383. The molecule has 1 unspecified atom stereocenters. The van der Waals surface area contributed by atoms with E-state index in [-0.39, 0.29) is 6.29 Å². The summed E-state index contributed by atoms with van der Waals surface area (Å²) < 4.78 is 17.5. The molecule has 0 aromatic carbocycles. The highest BCUT2D eigenvalue weighted by atomic mass is 28.4. The van der Waals surface area contributed by atoms with Crippen LogP contribution in [0.4, 0.5) is 0 Å². The third kappa shape index (κ3) is 11.2. The van der Waals surface area contributed by atoms with E-state index in [1.54, 1.807) is 0 Å². The van der Waals surface area contributed by atoms with Crippen molar-refractivity contribution in [2.24, 2.45) is 5.92 Å². The molecule has 5 heteroatoms. The monoisotopic (exact) mass is 278 g/mol. The molecule has 0 aromatic heterocycles. The Kier molecular flexibility index (Phi) is 7.17. The summed E-state index contributed by atoms with van der Waals surface area (Å²) in [5.41, 5.74) is 0. The number of rotatable bonds is 8. The minimum absolute atomic E-state index is 0.0908. The molecule has 0 aliphatic carbocycles. The zero-order valence-corrected chi connectivity index (χ0v) is 14.8. The van der Waals surface area contributed by atoms with E-state index in [9.17, 15) is 0 Å². The van der Waals surface area contributed by atoms with Gasteiger partial charge in [0.25, 0.3) is 0 Å². The lowest BCUT2D eigenvalue weighted by molar-refractivity contribution is -0.118. The van der Waals surface area contributed by atoms with Crippen molar-refractivity contribution < 1.29 is 13.6 Å². The fourth-order valence-electron chi connectivity index (χ4n) is 1.22. The van der Waals surface area contributed by atoms with E-state index in [2.05, 4.69) is 53.1 Å². The molecule has 0 N–H and O–H groups in total. The van der Waals surface area contributed by atoms with E-state index >= 15 is 0 Å². The molecule has 0 aliphatic rings. The zero-order valence-electron chi connectivity index (χ0n) is 12.8. The van der Waals surface area contributed by atoms with Crippen LogP contribution in [-0.4, -0.2) is 36.1 Å². The second-order valence-corrected chi connectivity index (χ2v) is 15.6. The zero-order chi connectivity index (χ0) is 13.7. The van der Waals surface area contributed by atoms with Gasteiger partial charge < -0.3 is 13.6 Å². The lowest BCUT2D eigenvalue weighted by atomic mass is 10.2. The van der Waals surface area contributed by atoms with E-state index < -0.39 is 16.6 Å². The fourth-order valence-corrected chi connectivity index (χ4v) is 2.96. The molecule has 0 aliphatic heterocycles. The number of ether oxygens (including phenoxy) is 1. The van der Waals surface area contributed by atoms with Gasteiger partial charge in [0, 0.05) is 5.92 Å². The molecule has 1 atom stereocenters. The third-order valence-corrected chi connectivity index (χ3v) is 3.92. The van der Waals surface area contributed by atoms with Crippen molar-refractivity contribution in [3.63, 3.8) is 0 Å². The van der Waals surface area contributed by atoms with Gasteiger partial charge in [-0.15, -0.1) is 0 Å². The first kappa shape index (κ1) is 17.3. The summed E-state index contributed by atoms with van der Waals surface area (Å²) >= 11 is 0. The van der Waals surface area contributed by atoms with Crippen molar-refractivity contribution >= 4 is 16.6 Å². The minimum Gasteiger partial charge on any atom is -0.415 e. The van der Waals surface area contributed by atoms with Crippen LogP contribution in [0.25, 0.3) is 0 Å². The van der Waals surface area contributed by atoms with E-state index in [4.69, 9.17) is 13.6 Å². The van der Waals surface area contributed by atoms with Crippen LogP contribution in [0.2, 0.25) is 39.3 Å². The highest BCUT2D eigenvalue weighted by molar-refractivity contribution is 6.70. The van der Waals surface area contributed by atoms with Crippen molar-refractivity contribution in [1.82, 2.24) is 0 Å². The van der Waals surface area contributed by atoms with Crippen LogP contribution in [0.5, 0.6) is 0 Å². The van der Waals surface area contributed by atoms with Crippen molar-refractivity contribution in [1.29, 1.82) is 0 Å². The summed E-state index contributed by atoms with van der Waals surface area (Å²) in [5, 5.41) is 0. The first-order chi connectivity index (χ1) is 7.51. The van der Waals surface area contributed by atoms with Gasteiger partial charge in [-0.25, -0.2) is 0 Å². The average Bonchev–Trinajstić information content (AvgIpc) is 2.06.